The first-order valence-corrected chi connectivity index (χ1v) is 5.60. The molecule has 0 aromatic heterocycles. The summed E-state index contributed by atoms with van der Waals surface area (Å²) in [5, 5.41) is 9.54. The minimum atomic E-state index is -0.907. The third-order valence-corrected chi connectivity index (χ3v) is 2.44. The molecule has 0 fully saturated rings. The Bertz CT molecular complexity index is 335. The SMILES string of the molecule is CCCC(OCc1ccc(Cl)cc1)C(=O)O. The van der Waals surface area contributed by atoms with Crippen molar-refractivity contribution in [3.63, 3.8) is 0 Å². The number of halogens is 1. The van der Waals surface area contributed by atoms with Crippen LogP contribution in [0.4, 0.5) is 0 Å². The van der Waals surface area contributed by atoms with Gasteiger partial charge in [0, 0.05) is 5.02 Å². The van der Waals surface area contributed by atoms with E-state index in [-0.39, 0.29) is 0 Å². The van der Waals surface area contributed by atoms with E-state index in [2.05, 4.69) is 0 Å². The van der Waals surface area contributed by atoms with Crippen molar-refractivity contribution in [2.24, 2.45) is 0 Å². The van der Waals surface area contributed by atoms with E-state index in [1.807, 2.05) is 19.1 Å². The number of rotatable bonds is 6. The fourth-order valence-electron chi connectivity index (χ4n) is 1.32. The smallest absolute Gasteiger partial charge is 0.332 e. The van der Waals surface area contributed by atoms with E-state index < -0.39 is 12.1 Å². The first-order chi connectivity index (χ1) is 7.63. The molecule has 0 saturated carbocycles. The summed E-state index contributed by atoms with van der Waals surface area (Å²) in [7, 11) is 0. The van der Waals surface area contributed by atoms with Gasteiger partial charge >= 0.3 is 5.97 Å². The number of aliphatic carboxylic acids is 1. The highest BCUT2D eigenvalue weighted by atomic mass is 35.5. The van der Waals surface area contributed by atoms with Crippen molar-refractivity contribution in [3.8, 4) is 0 Å². The zero-order valence-electron chi connectivity index (χ0n) is 9.15. The second-order valence-electron chi connectivity index (χ2n) is 3.55. The average Bonchev–Trinajstić information content (AvgIpc) is 2.26. The number of carboxylic acids is 1. The summed E-state index contributed by atoms with van der Waals surface area (Å²) >= 11 is 5.74. The minimum Gasteiger partial charge on any atom is -0.479 e. The molecular weight excluding hydrogens is 228 g/mol. The van der Waals surface area contributed by atoms with Crippen molar-refractivity contribution in [1.29, 1.82) is 0 Å². The van der Waals surface area contributed by atoms with Gasteiger partial charge in [-0.25, -0.2) is 4.79 Å². The Hall–Kier alpha value is -1.06. The molecular formula is C12H15ClO3. The van der Waals surface area contributed by atoms with E-state index in [0.29, 0.717) is 18.1 Å². The largest absolute Gasteiger partial charge is 0.479 e. The first kappa shape index (κ1) is 13.0. The highest BCUT2D eigenvalue weighted by Crippen LogP contribution is 2.12. The Morgan fingerprint density at radius 1 is 1.44 bits per heavy atom. The molecule has 1 atom stereocenters. The topological polar surface area (TPSA) is 46.5 Å². The van der Waals surface area contributed by atoms with Gasteiger partial charge in [-0.15, -0.1) is 0 Å². The predicted octanol–water partition coefficient (Wildman–Crippen LogP) is 3.11. The summed E-state index contributed by atoms with van der Waals surface area (Å²) in [6.07, 6.45) is 0.598. The standard InChI is InChI=1S/C12H15ClO3/c1-2-3-11(12(14)15)16-8-9-4-6-10(13)7-5-9/h4-7,11H,2-3,8H2,1H3,(H,14,15). The molecule has 1 rings (SSSR count). The summed E-state index contributed by atoms with van der Waals surface area (Å²) in [6.45, 7) is 2.23. The summed E-state index contributed by atoms with van der Waals surface area (Å²) in [5.41, 5.74) is 0.923. The fourth-order valence-corrected chi connectivity index (χ4v) is 1.44. The fraction of sp³-hybridized carbons (Fsp3) is 0.417. The van der Waals surface area contributed by atoms with Crippen molar-refractivity contribution in [3.05, 3.63) is 34.9 Å². The molecule has 4 heteroatoms. The van der Waals surface area contributed by atoms with Crippen LogP contribution in [0.3, 0.4) is 0 Å². The maximum Gasteiger partial charge on any atom is 0.332 e. The highest BCUT2D eigenvalue weighted by molar-refractivity contribution is 6.30. The van der Waals surface area contributed by atoms with Crippen LogP contribution in [0, 0.1) is 0 Å². The van der Waals surface area contributed by atoms with E-state index in [1.165, 1.54) is 0 Å². The van der Waals surface area contributed by atoms with Crippen LogP contribution < -0.4 is 0 Å². The van der Waals surface area contributed by atoms with Gasteiger partial charge in [0.2, 0.25) is 0 Å². The van der Waals surface area contributed by atoms with Crippen LogP contribution in [-0.4, -0.2) is 17.2 Å². The second-order valence-corrected chi connectivity index (χ2v) is 3.99. The number of carbonyl (C=O) groups is 1. The van der Waals surface area contributed by atoms with Gasteiger partial charge in [0.1, 0.15) is 0 Å². The second kappa shape index (κ2) is 6.51. The molecule has 0 saturated heterocycles. The monoisotopic (exact) mass is 242 g/mol. The van der Waals surface area contributed by atoms with Crippen molar-refractivity contribution in [1.82, 2.24) is 0 Å². The third-order valence-electron chi connectivity index (χ3n) is 2.19. The van der Waals surface area contributed by atoms with E-state index in [4.69, 9.17) is 21.4 Å². The lowest BCUT2D eigenvalue weighted by Crippen LogP contribution is -2.23. The van der Waals surface area contributed by atoms with E-state index in [0.717, 1.165) is 12.0 Å². The van der Waals surface area contributed by atoms with Gasteiger partial charge < -0.3 is 9.84 Å². The van der Waals surface area contributed by atoms with Gasteiger partial charge in [-0.1, -0.05) is 37.1 Å². The Balaban J connectivity index is 2.48. The zero-order valence-corrected chi connectivity index (χ0v) is 9.91. The molecule has 0 amide bonds. The Morgan fingerprint density at radius 3 is 2.56 bits per heavy atom. The van der Waals surface area contributed by atoms with Crippen LogP contribution in [0.2, 0.25) is 5.02 Å². The van der Waals surface area contributed by atoms with Crippen LogP contribution in [0.15, 0.2) is 24.3 Å². The lowest BCUT2D eigenvalue weighted by Gasteiger charge is -2.12. The minimum absolute atomic E-state index is 0.300. The molecule has 0 bridgehead atoms. The van der Waals surface area contributed by atoms with Crippen LogP contribution >= 0.6 is 11.6 Å². The summed E-state index contributed by atoms with van der Waals surface area (Å²) in [4.78, 5) is 10.8. The van der Waals surface area contributed by atoms with Gasteiger partial charge in [0.15, 0.2) is 6.10 Å². The molecule has 0 aliphatic carbocycles. The zero-order chi connectivity index (χ0) is 12.0. The number of hydrogen-bond acceptors (Lipinski definition) is 2. The van der Waals surface area contributed by atoms with Gasteiger partial charge in [0.25, 0.3) is 0 Å². The van der Waals surface area contributed by atoms with Crippen molar-refractivity contribution in [2.75, 3.05) is 0 Å². The molecule has 0 aliphatic heterocycles. The summed E-state index contributed by atoms with van der Waals surface area (Å²) in [5.74, 6) is -0.907. The average molecular weight is 243 g/mol. The van der Waals surface area contributed by atoms with Crippen LogP contribution in [0.5, 0.6) is 0 Å². The molecule has 88 valence electrons. The molecule has 1 aromatic carbocycles. The van der Waals surface area contributed by atoms with Gasteiger partial charge in [-0.3, -0.25) is 0 Å². The first-order valence-electron chi connectivity index (χ1n) is 5.22. The van der Waals surface area contributed by atoms with Gasteiger partial charge in [-0.05, 0) is 24.1 Å². The quantitative estimate of drug-likeness (QED) is 0.834. The summed E-state index contributed by atoms with van der Waals surface area (Å²) in [6, 6.07) is 7.17. The number of ether oxygens (including phenoxy) is 1. The van der Waals surface area contributed by atoms with Gasteiger partial charge in [-0.2, -0.15) is 0 Å². The maximum absolute atomic E-state index is 10.8. The normalized spacial score (nSPS) is 12.4. The molecule has 1 unspecified atom stereocenters. The van der Waals surface area contributed by atoms with Crippen LogP contribution in [0.1, 0.15) is 25.3 Å². The molecule has 0 heterocycles. The predicted molar refractivity (Wildman–Crippen MR) is 62.6 cm³/mol. The van der Waals surface area contributed by atoms with Crippen molar-refractivity contribution < 1.29 is 14.6 Å². The molecule has 0 spiro atoms. The van der Waals surface area contributed by atoms with Crippen molar-refractivity contribution >= 4 is 17.6 Å². The molecule has 3 nitrogen and oxygen atoms in total. The Labute approximate surface area is 100.0 Å². The lowest BCUT2D eigenvalue weighted by molar-refractivity contribution is -0.151. The summed E-state index contributed by atoms with van der Waals surface area (Å²) < 4.78 is 5.33. The molecule has 0 radical (unpaired) electrons. The molecule has 16 heavy (non-hydrogen) atoms. The highest BCUT2D eigenvalue weighted by Gasteiger charge is 2.16. The molecule has 1 N–H and O–H groups in total. The van der Waals surface area contributed by atoms with E-state index in [9.17, 15) is 4.79 Å². The number of benzene rings is 1. The molecule has 1 aromatic rings. The molecule has 0 aliphatic rings. The maximum atomic E-state index is 10.8. The van der Waals surface area contributed by atoms with Crippen LogP contribution in [0.25, 0.3) is 0 Å². The van der Waals surface area contributed by atoms with Gasteiger partial charge in [0.05, 0.1) is 6.61 Å². The Morgan fingerprint density at radius 2 is 2.06 bits per heavy atom. The number of carboxylic acid groups (broad SMARTS) is 1. The number of hydrogen-bond donors (Lipinski definition) is 1. The van der Waals surface area contributed by atoms with Crippen LogP contribution in [-0.2, 0) is 16.1 Å². The lowest BCUT2D eigenvalue weighted by atomic mass is 10.2. The van der Waals surface area contributed by atoms with E-state index in [1.54, 1.807) is 12.1 Å². The van der Waals surface area contributed by atoms with E-state index >= 15 is 0 Å². The Kier molecular flexibility index (Phi) is 5.29. The third kappa shape index (κ3) is 4.21. The van der Waals surface area contributed by atoms with Crippen molar-refractivity contribution in [2.45, 2.75) is 32.5 Å².